The number of rotatable bonds is 18. The van der Waals surface area contributed by atoms with Crippen LogP contribution in [0.2, 0.25) is 10.0 Å². The van der Waals surface area contributed by atoms with E-state index in [1.54, 1.807) is 19.1 Å². The summed E-state index contributed by atoms with van der Waals surface area (Å²) in [5.41, 5.74) is -1.41. The molecule has 10 aliphatic rings. The quantitative estimate of drug-likeness (QED) is 0.0356. The lowest BCUT2D eigenvalue weighted by atomic mass is 9.51. The second-order valence-electron chi connectivity index (χ2n) is 31.7. The summed E-state index contributed by atoms with van der Waals surface area (Å²) in [6.45, 7) is 6.98. The Morgan fingerprint density at radius 2 is 1.29 bits per heavy atom. The monoisotopic (exact) mass is 1620 g/mol. The highest BCUT2D eigenvalue weighted by Gasteiger charge is 2.51. The van der Waals surface area contributed by atoms with Crippen LogP contribution in [0.5, 0.6) is 51.7 Å². The molecular weight excluding hydrogens is 1530 g/mol. The molecule has 6 aliphatic heterocycles. The average molecular weight is 1630 g/mol. The van der Waals surface area contributed by atoms with Crippen molar-refractivity contribution in [3.63, 3.8) is 0 Å². The summed E-state index contributed by atoms with van der Waals surface area (Å²) in [6.07, 6.45) is -10.2. The summed E-state index contributed by atoms with van der Waals surface area (Å²) in [5.74, 6) is -15.5. The van der Waals surface area contributed by atoms with Gasteiger partial charge in [0.1, 0.15) is 95.3 Å². The first-order chi connectivity index (χ1) is 54.9. The first-order valence-corrected chi connectivity index (χ1v) is 39.7. The summed E-state index contributed by atoms with van der Waals surface area (Å²) < 4.78 is 31.3. The number of amides is 7. The molecule has 0 aromatic heterocycles. The number of carbonyl (C=O) groups is 9. The second-order valence-corrected chi connectivity index (χ2v) is 32.5. The van der Waals surface area contributed by atoms with E-state index in [2.05, 4.69) is 31.9 Å². The molecule has 4 aliphatic carbocycles. The number of phenols is 3. The average Bonchev–Trinajstić information content (AvgIpc) is 0.760. The number of unbranched alkanes of at least 4 members (excludes halogenated alkanes) is 1. The van der Waals surface area contributed by atoms with Crippen LogP contribution in [-0.4, -0.2) is 155 Å². The molecule has 7 amide bonds. The van der Waals surface area contributed by atoms with Gasteiger partial charge in [-0.2, -0.15) is 0 Å². The highest BCUT2D eigenvalue weighted by atomic mass is 35.5. The molecule has 6 heterocycles. The summed E-state index contributed by atoms with van der Waals surface area (Å²) in [6, 6.07) is 12.1. The normalized spacial score (nSPS) is 28.0. The van der Waals surface area contributed by atoms with Crippen molar-refractivity contribution in [2.45, 2.75) is 184 Å². The molecular formula is C84H94Cl2N6O23. The number of anilines is 1. The molecule has 1 saturated heterocycles. The fourth-order valence-electron chi connectivity index (χ4n) is 17.5. The molecule has 612 valence electrons. The number of benzene rings is 6. The number of aliphatic hydroxyl groups excluding tert-OH is 6. The Balaban J connectivity index is 0.986. The van der Waals surface area contributed by atoms with E-state index in [4.69, 9.17) is 46.9 Å². The lowest BCUT2D eigenvalue weighted by Gasteiger charge is -2.54. The van der Waals surface area contributed by atoms with Gasteiger partial charge in [-0.05, 0) is 194 Å². The van der Waals surface area contributed by atoms with Gasteiger partial charge in [-0.1, -0.05) is 75.5 Å². The number of ketones is 3. The predicted molar refractivity (Wildman–Crippen MR) is 414 cm³/mol. The van der Waals surface area contributed by atoms with E-state index in [9.17, 15) is 60.3 Å². The number of nitrogens with one attached hydrogen (secondary N) is 6. The number of fused-ring (bicyclic) bond motifs is 15. The van der Waals surface area contributed by atoms with Gasteiger partial charge in [-0.15, -0.1) is 0 Å². The molecule has 6 aromatic rings. The summed E-state index contributed by atoms with van der Waals surface area (Å²) in [7, 11) is 0. The van der Waals surface area contributed by atoms with Gasteiger partial charge in [0.15, 0.2) is 28.8 Å². The van der Waals surface area contributed by atoms with Gasteiger partial charge in [0.05, 0.1) is 35.1 Å². The third kappa shape index (κ3) is 18.2. The Morgan fingerprint density at radius 3 is 1.90 bits per heavy atom. The van der Waals surface area contributed by atoms with Crippen LogP contribution in [0.25, 0.3) is 11.1 Å². The molecule has 29 nitrogen and oxygen atoms in total. The Kier molecular flexibility index (Phi) is 25.4. The van der Waals surface area contributed by atoms with E-state index in [1.807, 2.05) is 20.8 Å². The maximum absolute atomic E-state index is 16.5. The van der Waals surface area contributed by atoms with Crippen LogP contribution in [-0.2, 0) is 43.1 Å². The molecule has 0 spiro atoms. The zero-order valence-corrected chi connectivity index (χ0v) is 65.0. The number of Topliss-reactive ketones (excluding diaryl/α,β-unsaturated/α-hetero) is 3. The van der Waals surface area contributed by atoms with Crippen molar-refractivity contribution >= 4 is 81.8 Å². The molecule has 14 atom stereocenters. The van der Waals surface area contributed by atoms with Crippen molar-refractivity contribution in [1.82, 2.24) is 26.6 Å². The van der Waals surface area contributed by atoms with Crippen LogP contribution in [0, 0.1) is 47.3 Å². The first-order valence-electron chi connectivity index (χ1n) is 38.9. The summed E-state index contributed by atoms with van der Waals surface area (Å²) >= 11 is 14.3. The number of imide groups is 1. The Bertz CT molecular complexity index is 4710. The van der Waals surface area contributed by atoms with Crippen LogP contribution in [0.4, 0.5) is 10.5 Å². The van der Waals surface area contributed by atoms with E-state index >= 15 is 28.8 Å². The van der Waals surface area contributed by atoms with Gasteiger partial charge in [0, 0.05) is 54.5 Å². The topological polar surface area (TPSA) is 454 Å². The molecule has 4 saturated carbocycles. The fourth-order valence-corrected chi connectivity index (χ4v) is 18.0. The standard InChI is InChI=1S/C84H94Cl2N6O23/c1-5-7-18-111-50-13-11-48(12-14-50)87-84(110)88-67(100)31-47-28-59(97)71(91-79(106)40(6-2)19-37(3)4)73(101)42-9-16-62(55(85)26-42)112-64-29-46-30-65(78(64)115-83-77(105)76(104)75(103)66(36-93)114-83)113-63-17-10-43(27-56(63)86)74(102)72-82(109)90-70(61(99)34-51-44-21-38-20-39(23-44)24-45(51)22-38)54-32-49(94)33-58(96)68(54)53-25-41(8-15-57(53)95)52(81(108)92-72)35-60(98)69(46)89-80(47)107/h8-17,25-27,29-30,32-33,37-40,44-45,47,51-52,66,69-77,83,93-96,101-105H,5-7,18-24,28,31,34-36H2,1-4H3,(H,89,107)(H,90,109)(H,91,106)(H,92,108)(H2,87,88,100,110)/t38?,39?,40-,44?,45?,47+,51?,52-,66-,69-,70+,71+,72+,73-,74-,75-,76+,77-,83+/m1/s1. The molecule has 15 N–H and O–H groups in total. The largest absolute Gasteiger partial charge is 0.508 e. The predicted octanol–water partition coefficient (Wildman–Crippen LogP) is 9.27. The minimum absolute atomic E-state index is 0.0391. The van der Waals surface area contributed by atoms with Crippen molar-refractivity contribution in [1.29, 1.82) is 0 Å². The summed E-state index contributed by atoms with van der Waals surface area (Å²) in [5, 5.41) is 120. The van der Waals surface area contributed by atoms with Crippen LogP contribution in [0.3, 0.4) is 0 Å². The van der Waals surface area contributed by atoms with Gasteiger partial charge in [-0.25, -0.2) is 4.79 Å². The van der Waals surface area contributed by atoms with Crippen LogP contribution in [0.15, 0.2) is 103 Å². The number of halogens is 2. The third-order valence-corrected chi connectivity index (χ3v) is 23.9. The number of ether oxygens (including phenoxy) is 5. The number of phenolic OH excluding ortho intramolecular Hbond substituents is 3. The minimum atomic E-state index is -2.22. The number of aromatic hydroxyl groups is 3. The molecule has 6 aromatic carbocycles. The van der Waals surface area contributed by atoms with Crippen molar-refractivity contribution in [3.8, 4) is 62.9 Å². The van der Waals surface area contributed by atoms with Crippen LogP contribution >= 0.6 is 23.2 Å². The molecule has 0 unspecified atom stereocenters. The van der Waals surface area contributed by atoms with Crippen LogP contribution in [0.1, 0.15) is 169 Å². The number of hydrogen-bond acceptors (Lipinski definition) is 23. The number of aliphatic hydroxyl groups is 6. The van der Waals surface area contributed by atoms with Gasteiger partial charge < -0.3 is 96.2 Å². The second kappa shape index (κ2) is 35.2. The van der Waals surface area contributed by atoms with E-state index in [1.165, 1.54) is 54.6 Å². The Labute approximate surface area is 671 Å². The highest BCUT2D eigenvalue weighted by Crippen LogP contribution is 2.58. The van der Waals surface area contributed by atoms with Crippen molar-refractivity contribution in [2.24, 2.45) is 47.3 Å². The van der Waals surface area contributed by atoms with Gasteiger partial charge in [0.25, 0.3) is 0 Å². The lowest BCUT2D eigenvalue weighted by Crippen LogP contribution is -2.60. The number of carbonyl (C=O) groups excluding carboxylic acids is 9. The molecule has 0 radical (unpaired) electrons. The van der Waals surface area contributed by atoms with Crippen molar-refractivity contribution < 1.29 is 113 Å². The van der Waals surface area contributed by atoms with Crippen LogP contribution < -0.4 is 50.8 Å². The van der Waals surface area contributed by atoms with Crippen molar-refractivity contribution in [2.75, 3.05) is 18.5 Å². The van der Waals surface area contributed by atoms with Gasteiger partial charge in [-0.3, -0.25) is 43.7 Å². The van der Waals surface area contributed by atoms with E-state index in [-0.39, 0.29) is 103 Å². The van der Waals surface area contributed by atoms with E-state index < -0.39 is 198 Å². The third-order valence-electron chi connectivity index (χ3n) is 23.3. The van der Waals surface area contributed by atoms with E-state index in [0.29, 0.717) is 30.6 Å². The zero-order valence-electron chi connectivity index (χ0n) is 63.5. The number of urea groups is 1. The Hall–Kier alpha value is -9.95. The zero-order chi connectivity index (χ0) is 82.1. The van der Waals surface area contributed by atoms with E-state index in [0.717, 1.165) is 81.3 Å². The molecule has 115 heavy (non-hydrogen) atoms. The maximum Gasteiger partial charge on any atom is 0.325 e. The van der Waals surface area contributed by atoms with Gasteiger partial charge in [0.2, 0.25) is 41.6 Å². The van der Waals surface area contributed by atoms with Crippen molar-refractivity contribution in [3.05, 3.63) is 141 Å². The minimum Gasteiger partial charge on any atom is -0.508 e. The first kappa shape index (κ1) is 83.0. The molecule has 31 heteroatoms. The fraction of sp³-hybridized carbons (Fsp3) is 0.464. The SMILES string of the molecule is CCCCOc1ccc(NC(=O)NC(=O)C[C@@H]2CC(=O)[C@H](NC(=O)[C@H](CC)CC(C)C)[C@H](O)c3ccc(c(Cl)c3)Oc3cc4cc(c3O[C@@H]3O[C@H](CO)[C@@H](O)[C@H](O)[C@H]3O)Oc3ccc(cc3Cl)[C@@H](O)[C@@H]3NC(=O)[C@H](CC(=O)[C@@H]4NC2=O)c2ccc(O)c(c2)-c2c(O)cc(O)cc2[C@@H](C(=O)CC2C4CC5CC(C4)CC2C5)NC3=O)cc1. The highest BCUT2D eigenvalue weighted by molar-refractivity contribution is 6.32. The lowest BCUT2D eigenvalue weighted by molar-refractivity contribution is -0.277. The Morgan fingerprint density at radius 1 is 0.643 bits per heavy atom. The number of hydrogen-bond donors (Lipinski definition) is 15. The molecule has 5 fully saturated rings. The molecule has 16 rings (SSSR count). The summed E-state index contributed by atoms with van der Waals surface area (Å²) in [4.78, 5) is 138. The maximum atomic E-state index is 16.5. The smallest absolute Gasteiger partial charge is 0.325 e. The van der Waals surface area contributed by atoms with Gasteiger partial charge >= 0.3 is 6.03 Å². The molecule has 15 bridgehead atoms.